The van der Waals surface area contributed by atoms with Crippen molar-refractivity contribution in [2.24, 2.45) is 5.92 Å². The molecule has 1 aliphatic carbocycles. The topological polar surface area (TPSA) is 61.4 Å². The van der Waals surface area contributed by atoms with Crippen molar-refractivity contribution >= 4 is 11.7 Å². The molecule has 0 spiro atoms. The Hall–Kier alpha value is -1.69. The number of nitrogens with zero attached hydrogens (tertiary/aromatic N) is 4. The number of likely N-dealkylation sites (N-methyl/N-ethyl adjacent to an activating group) is 1. The highest BCUT2D eigenvalue weighted by Crippen LogP contribution is 2.27. The largest absolute Gasteiger partial charge is 0.355 e. The molecule has 0 radical (unpaired) electrons. The van der Waals surface area contributed by atoms with Crippen molar-refractivity contribution in [2.45, 2.75) is 52.1 Å². The monoisotopic (exact) mass is 331 g/mol. The molecule has 1 amide bonds. The molecule has 2 heterocycles. The van der Waals surface area contributed by atoms with E-state index in [2.05, 4.69) is 46.1 Å². The average Bonchev–Trinajstić information content (AvgIpc) is 2.98. The van der Waals surface area contributed by atoms with Gasteiger partial charge in [0.25, 0.3) is 5.91 Å². The summed E-state index contributed by atoms with van der Waals surface area (Å²) in [7, 11) is 4.23. The number of amides is 1. The van der Waals surface area contributed by atoms with Crippen molar-refractivity contribution in [1.29, 1.82) is 0 Å². The standard InChI is InChI=1S/C18H29N5O/c1-11-8-14(9-11)20-18(24)16-19-13(3)12(2)17(21-16)23-7-6-15(10-23)22(4)5/h11,14-15H,6-10H2,1-5H3,(H,20,24)/t11?,14?,15-/m1/s1. The number of aromatic nitrogens is 2. The van der Waals surface area contributed by atoms with Gasteiger partial charge in [-0.1, -0.05) is 6.92 Å². The number of rotatable bonds is 4. The van der Waals surface area contributed by atoms with Crippen molar-refractivity contribution in [3.05, 3.63) is 17.1 Å². The summed E-state index contributed by atoms with van der Waals surface area (Å²) < 4.78 is 0. The Bertz CT molecular complexity index is 624. The quantitative estimate of drug-likeness (QED) is 0.911. The van der Waals surface area contributed by atoms with E-state index in [0.717, 1.165) is 49.4 Å². The molecule has 2 fully saturated rings. The smallest absolute Gasteiger partial charge is 0.289 e. The highest BCUT2D eigenvalue weighted by molar-refractivity contribution is 5.91. The average molecular weight is 331 g/mol. The lowest BCUT2D eigenvalue weighted by atomic mass is 9.82. The summed E-state index contributed by atoms with van der Waals surface area (Å²) in [6.07, 6.45) is 3.23. The second-order valence-corrected chi connectivity index (χ2v) is 7.68. The van der Waals surface area contributed by atoms with Gasteiger partial charge in [0, 0.05) is 36.4 Å². The maximum Gasteiger partial charge on any atom is 0.289 e. The SMILES string of the molecule is Cc1nc(C(=O)NC2CC(C)C2)nc(N2CC[C@@H](N(C)C)C2)c1C. The molecule has 1 saturated carbocycles. The number of hydrogen-bond donors (Lipinski definition) is 1. The molecule has 1 N–H and O–H groups in total. The van der Waals surface area contributed by atoms with Crippen molar-refractivity contribution in [3.63, 3.8) is 0 Å². The van der Waals surface area contributed by atoms with E-state index in [1.807, 2.05) is 13.8 Å². The normalized spacial score (nSPS) is 26.6. The second-order valence-electron chi connectivity index (χ2n) is 7.68. The Balaban J connectivity index is 1.77. The number of aryl methyl sites for hydroxylation is 1. The van der Waals surface area contributed by atoms with Crippen molar-refractivity contribution < 1.29 is 4.79 Å². The number of nitrogens with one attached hydrogen (secondary N) is 1. The van der Waals surface area contributed by atoms with E-state index in [1.54, 1.807) is 0 Å². The predicted octanol–water partition coefficient (Wildman–Crippen LogP) is 1.76. The van der Waals surface area contributed by atoms with Gasteiger partial charge in [-0.15, -0.1) is 0 Å². The van der Waals surface area contributed by atoms with Crippen LogP contribution < -0.4 is 10.2 Å². The molecule has 2 aliphatic rings. The van der Waals surface area contributed by atoms with E-state index < -0.39 is 0 Å². The van der Waals surface area contributed by atoms with E-state index in [9.17, 15) is 4.79 Å². The van der Waals surface area contributed by atoms with Gasteiger partial charge >= 0.3 is 0 Å². The minimum Gasteiger partial charge on any atom is -0.355 e. The highest BCUT2D eigenvalue weighted by atomic mass is 16.2. The molecule has 6 heteroatoms. The molecule has 132 valence electrons. The van der Waals surface area contributed by atoms with Crippen LogP contribution in [0.15, 0.2) is 0 Å². The van der Waals surface area contributed by atoms with Gasteiger partial charge in [0.1, 0.15) is 5.82 Å². The molecular formula is C18H29N5O. The van der Waals surface area contributed by atoms with Crippen LogP contribution in [0.3, 0.4) is 0 Å². The molecule has 6 nitrogen and oxygen atoms in total. The zero-order valence-electron chi connectivity index (χ0n) is 15.5. The maximum atomic E-state index is 12.5. The number of hydrogen-bond acceptors (Lipinski definition) is 5. The van der Waals surface area contributed by atoms with Gasteiger partial charge < -0.3 is 15.1 Å². The van der Waals surface area contributed by atoms with E-state index in [1.165, 1.54) is 0 Å². The molecule has 1 saturated heterocycles. The van der Waals surface area contributed by atoms with Crippen molar-refractivity contribution in [3.8, 4) is 0 Å². The Morgan fingerprint density at radius 1 is 1.25 bits per heavy atom. The summed E-state index contributed by atoms with van der Waals surface area (Å²) in [5, 5.41) is 3.06. The van der Waals surface area contributed by atoms with E-state index in [-0.39, 0.29) is 11.9 Å². The van der Waals surface area contributed by atoms with Gasteiger partial charge in [-0.2, -0.15) is 0 Å². The lowest BCUT2D eigenvalue weighted by Crippen LogP contribution is -2.44. The Morgan fingerprint density at radius 3 is 2.54 bits per heavy atom. The first-order chi connectivity index (χ1) is 11.3. The molecule has 24 heavy (non-hydrogen) atoms. The zero-order valence-corrected chi connectivity index (χ0v) is 15.5. The molecule has 0 unspecified atom stereocenters. The molecule has 1 aromatic heterocycles. The fourth-order valence-electron chi connectivity index (χ4n) is 3.65. The van der Waals surface area contributed by atoms with Crippen LogP contribution in [0.25, 0.3) is 0 Å². The van der Waals surface area contributed by atoms with E-state index in [0.29, 0.717) is 17.8 Å². The number of carbonyl (C=O) groups is 1. The third kappa shape index (κ3) is 3.38. The summed E-state index contributed by atoms with van der Waals surface area (Å²) in [6.45, 7) is 8.14. The first-order valence-corrected chi connectivity index (χ1v) is 8.92. The van der Waals surface area contributed by atoms with Crippen LogP contribution in [0, 0.1) is 19.8 Å². The zero-order chi connectivity index (χ0) is 17.4. The second kappa shape index (κ2) is 6.67. The highest BCUT2D eigenvalue weighted by Gasteiger charge is 2.30. The Morgan fingerprint density at radius 2 is 1.96 bits per heavy atom. The van der Waals surface area contributed by atoms with Gasteiger partial charge in [0.2, 0.25) is 5.82 Å². The van der Waals surface area contributed by atoms with Gasteiger partial charge in [0.05, 0.1) is 0 Å². The number of anilines is 1. The first kappa shape index (κ1) is 17.1. The van der Waals surface area contributed by atoms with Crippen molar-refractivity contribution in [1.82, 2.24) is 20.2 Å². The molecule has 3 rings (SSSR count). The lowest BCUT2D eigenvalue weighted by Gasteiger charge is -2.33. The summed E-state index contributed by atoms with van der Waals surface area (Å²) in [5.41, 5.74) is 1.96. The minimum atomic E-state index is -0.139. The number of carbonyl (C=O) groups excluding carboxylic acids is 1. The van der Waals surface area contributed by atoms with Crippen LogP contribution in [-0.2, 0) is 0 Å². The summed E-state index contributed by atoms with van der Waals surface area (Å²) in [6, 6.07) is 0.819. The van der Waals surface area contributed by atoms with Gasteiger partial charge in [0.15, 0.2) is 0 Å². The fourth-order valence-corrected chi connectivity index (χ4v) is 3.65. The molecule has 1 aromatic rings. The molecule has 0 aromatic carbocycles. The lowest BCUT2D eigenvalue weighted by molar-refractivity contribution is 0.0885. The van der Waals surface area contributed by atoms with E-state index in [4.69, 9.17) is 0 Å². The fraction of sp³-hybridized carbons (Fsp3) is 0.722. The van der Waals surface area contributed by atoms with Crippen LogP contribution in [0.4, 0.5) is 5.82 Å². The van der Waals surface area contributed by atoms with Gasteiger partial charge in [-0.05, 0) is 53.1 Å². The molecule has 0 bridgehead atoms. The van der Waals surface area contributed by atoms with Crippen molar-refractivity contribution in [2.75, 3.05) is 32.1 Å². The van der Waals surface area contributed by atoms with Crippen LogP contribution in [0.1, 0.15) is 48.1 Å². The first-order valence-electron chi connectivity index (χ1n) is 8.92. The summed E-state index contributed by atoms with van der Waals surface area (Å²) in [4.78, 5) is 26.1. The Labute approximate surface area is 144 Å². The Kier molecular flexibility index (Phi) is 4.76. The predicted molar refractivity (Wildman–Crippen MR) is 95.5 cm³/mol. The van der Waals surface area contributed by atoms with Gasteiger partial charge in [-0.3, -0.25) is 4.79 Å². The maximum absolute atomic E-state index is 12.5. The minimum absolute atomic E-state index is 0.139. The molecule has 1 atom stereocenters. The third-order valence-electron chi connectivity index (χ3n) is 5.47. The third-order valence-corrected chi connectivity index (χ3v) is 5.47. The molecule has 1 aliphatic heterocycles. The van der Waals surface area contributed by atoms with Crippen LogP contribution in [0.5, 0.6) is 0 Å². The van der Waals surface area contributed by atoms with E-state index >= 15 is 0 Å². The van der Waals surface area contributed by atoms with Crippen LogP contribution in [-0.4, -0.2) is 60.0 Å². The summed E-state index contributed by atoms with van der Waals surface area (Å²) in [5.74, 6) is 1.79. The van der Waals surface area contributed by atoms with Gasteiger partial charge in [-0.25, -0.2) is 9.97 Å². The van der Waals surface area contributed by atoms with Crippen LogP contribution >= 0.6 is 0 Å². The summed E-state index contributed by atoms with van der Waals surface area (Å²) >= 11 is 0. The molecular weight excluding hydrogens is 302 g/mol. The van der Waals surface area contributed by atoms with Crippen LogP contribution in [0.2, 0.25) is 0 Å².